The van der Waals surface area contributed by atoms with Gasteiger partial charge in [0.05, 0.1) is 11.6 Å². The van der Waals surface area contributed by atoms with Crippen LogP contribution in [-0.2, 0) is 10.8 Å². The van der Waals surface area contributed by atoms with Crippen LogP contribution in [-0.4, -0.2) is 24.0 Å². The number of nitrogens with zero attached hydrogens (tertiary/aromatic N) is 1. The monoisotopic (exact) mass is 509 g/mol. The van der Waals surface area contributed by atoms with E-state index < -0.39 is 19.7 Å². The number of carboxylic acids is 1. The van der Waals surface area contributed by atoms with Crippen LogP contribution in [0.1, 0.15) is 85.0 Å². The van der Waals surface area contributed by atoms with Crippen LogP contribution in [0.2, 0.25) is 18.1 Å². The van der Waals surface area contributed by atoms with Gasteiger partial charge in [0.15, 0.2) is 8.32 Å². The third kappa shape index (κ3) is 4.32. The number of aryl methyl sites for hydroxylation is 2. The molecule has 1 atom stereocenters. The Labute approximate surface area is 211 Å². The average molecular weight is 510 g/mol. The van der Waals surface area contributed by atoms with Crippen LogP contribution in [0.4, 0.5) is 0 Å². The standard InChI is InChI=1S/C28H35NO4SSi/c1-16-12-19-22(29(17-10-11-17)15-21(26(19)30)27(31)32)13-18(16)25-14-20-23(8-7-9-24(20)34-25)33-35(5,6)28(2,3)4/h12-15,17,23H,7-11H2,1-6H3,(H,31,32). The number of hydrogen-bond acceptors (Lipinski definition) is 4. The predicted octanol–water partition coefficient (Wildman–Crippen LogP) is 7.47. The van der Waals surface area contributed by atoms with Crippen molar-refractivity contribution in [1.82, 2.24) is 4.57 Å². The molecule has 0 amide bonds. The minimum absolute atomic E-state index is 0.145. The molecule has 3 aromatic rings. The van der Waals surface area contributed by atoms with Gasteiger partial charge in [-0.1, -0.05) is 20.8 Å². The summed E-state index contributed by atoms with van der Waals surface area (Å²) in [4.78, 5) is 27.3. The molecule has 186 valence electrons. The van der Waals surface area contributed by atoms with Gasteiger partial charge in [-0.2, -0.15) is 0 Å². The predicted molar refractivity (Wildman–Crippen MR) is 145 cm³/mol. The maximum Gasteiger partial charge on any atom is 0.341 e. The normalized spacial score (nSPS) is 18.6. The Balaban J connectivity index is 1.60. The lowest BCUT2D eigenvalue weighted by Crippen LogP contribution is -2.42. The van der Waals surface area contributed by atoms with Crippen molar-refractivity contribution in [2.45, 2.75) is 90.1 Å². The van der Waals surface area contributed by atoms with Gasteiger partial charge in [0.1, 0.15) is 5.56 Å². The number of thiophene rings is 1. The number of hydrogen-bond donors (Lipinski definition) is 1. The van der Waals surface area contributed by atoms with Crippen LogP contribution in [0.5, 0.6) is 0 Å². The Hall–Kier alpha value is -2.22. The second-order valence-electron chi connectivity index (χ2n) is 11.7. The summed E-state index contributed by atoms with van der Waals surface area (Å²) in [5.41, 5.74) is 3.76. The van der Waals surface area contributed by atoms with E-state index in [0.29, 0.717) is 5.39 Å². The van der Waals surface area contributed by atoms with Crippen molar-refractivity contribution in [3.05, 3.63) is 56.2 Å². The lowest BCUT2D eigenvalue weighted by Gasteiger charge is -2.40. The summed E-state index contributed by atoms with van der Waals surface area (Å²) < 4.78 is 8.89. The highest BCUT2D eigenvalue weighted by atomic mass is 32.1. The minimum atomic E-state index is -1.89. The molecule has 35 heavy (non-hydrogen) atoms. The quantitative estimate of drug-likeness (QED) is 0.362. The lowest BCUT2D eigenvalue weighted by molar-refractivity contribution is 0.0695. The van der Waals surface area contributed by atoms with Gasteiger partial charge in [-0.05, 0) is 92.0 Å². The molecule has 1 saturated carbocycles. The Bertz CT molecular complexity index is 1390. The molecule has 5 rings (SSSR count). The largest absolute Gasteiger partial charge is 0.477 e. The molecular weight excluding hydrogens is 474 g/mol. The van der Waals surface area contributed by atoms with Gasteiger partial charge in [0.2, 0.25) is 5.43 Å². The summed E-state index contributed by atoms with van der Waals surface area (Å²) in [6.45, 7) is 13.5. The van der Waals surface area contributed by atoms with Gasteiger partial charge >= 0.3 is 5.97 Å². The number of benzene rings is 1. The second kappa shape index (κ2) is 8.42. The molecule has 0 bridgehead atoms. The van der Waals surface area contributed by atoms with Gasteiger partial charge < -0.3 is 14.1 Å². The van der Waals surface area contributed by atoms with E-state index >= 15 is 0 Å². The summed E-state index contributed by atoms with van der Waals surface area (Å²) in [6.07, 6.45) is 7.01. The molecule has 2 heterocycles. The lowest BCUT2D eigenvalue weighted by atomic mass is 9.95. The van der Waals surface area contributed by atoms with Gasteiger partial charge in [-0.15, -0.1) is 11.3 Å². The highest BCUT2D eigenvalue weighted by Crippen LogP contribution is 2.47. The van der Waals surface area contributed by atoms with Crippen LogP contribution >= 0.6 is 11.3 Å². The van der Waals surface area contributed by atoms with Crippen molar-refractivity contribution in [3.63, 3.8) is 0 Å². The number of fused-ring (bicyclic) bond motifs is 2. The zero-order valence-electron chi connectivity index (χ0n) is 21.5. The van der Waals surface area contributed by atoms with E-state index in [0.717, 1.165) is 48.7 Å². The molecule has 1 unspecified atom stereocenters. The molecule has 5 nitrogen and oxygen atoms in total. The maximum atomic E-state index is 13.0. The summed E-state index contributed by atoms with van der Waals surface area (Å²) in [6, 6.07) is 6.58. The highest BCUT2D eigenvalue weighted by Gasteiger charge is 2.40. The molecule has 1 aromatic carbocycles. The molecule has 0 radical (unpaired) electrons. The number of carboxylic acid groups (broad SMARTS) is 1. The zero-order valence-corrected chi connectivity index (χ0v) is 23.3. The fourth-order valence-electron chi connectivity index (χ4n) is 4.88. The summed E-state index contributed by atoms with van der Waals surface area (Å²) >= 11 is 1.84. The maximum absolute atomic E-state index is 13.0. The van der Waals surface area contributed by atoms with Gasteiger partial charge in [0, 0.05) is 27.4 Å². The Kier molecular flexibility index (Phi) is 5.89. The van der Waals surface area contributed by atoms with Crippen LogP contribution in [0.25, 0.3) is 21.3 Å². The van der Waals surface area contributed by atoms with Crippen LogP contribution in [0.3, 0.4) is 0 Å². The third-order valence-corrected chi connectivity index (χ3v) is 13.8. The number of pyridine rings is 1. The van der Waals surface area contributed by atoms with E-state index in [1.54, 1.807) is 6.20 Å². The van der Waals surface area contributed by atoms with Crippen molar-refractivity contribution in [1.29, 1.82) is 0 Å². The molecule has 2 aliphatic carbocycles. The van der Waals surface area contributed by atoms with E-state index in [1.165, 1.54) is 15.3 Å². The van der Waals surface area contributed by atoms with E-state index in [4.69, 9.17) is 4.43 Å². The Morgan fingerprint density at radius 2 is 1.89 bits per heavy atom. The van der Waals surface area contributed by atoms with Crippen LogP contribution < -0.4 is 5.43 Å². The zero-order chi connectivity index (χ0) is 25.3. The van der Waals surface area contributed by atoms with Gasteiger partial charge in [0.25, 0.3) is 0 Å². The van der Waals surface area contributed by atoms with E-state index in [9.17, 15) is 14.7 Å². The molecule has 0 spiro atoms. The summed E-state index contributed by atoms with van der Waals surface area (Å²) in [7, 11) is -1.89. The first kappa shape index (κ1) is 24.5. The first-order valence-electron chi connectivity index (χ1n) is 12.6. The summed E-state index contributed by atoms with van der Waals surface area (Å²) in [5, 5.41) is 10.2. The topological polar surface area (TPSA) is 68.5 Å². The summed E-state index contributed by atoms with van der Waals surface area (Å²) in [5.74, 6) is -1.16. The molecule has 2 aromatic heterocycles. The second-order valence-corrected chi connectivity index (χ2v) is 17.6. The Morgan fingerprint density at radius 3 is 2.51 bits per heavy atom. The fraction of sp³-hybridized carbons (Fsp3) is 0.500. The van der Waals surface area contributed by atoms with E-state index in [1.807, 2.05) is 28.9 Å². The molecule has 7 heteroatoms. The van der Waals surface area contributed by atoms with Crippen LogP contribution in [0.15, 0.2) is 29.2 Å². The average Bonchev–Trinajstić information content (AvgIpc) is 3.51. The van der Waals surface area contributed by atoms with E-state index in [2.05, 4.69) is 46.0 Å². The molecular formula is C28H35NO4SSi. The van der Waals surface area contributed by atoms with Crippen molar-refractivity contribution in [2.24, 2.45) is 0 Å². The number of carbonyl (C=O) groups is 1. The van der Waals surface area contributed by atoms with Crippen molar-refractivity contribution in [2.75, 3.05) is 0 Å². The first-order chi connectivity index (χ1) is 16.4. The first-order valence-corrected chi connectivity index (χ1v) is 16.3. The molecule has 0 aliphatic heterocycles. The highest BCUT2D eigenvalue weighted by molar-refractivity contribution is 7.15. The van der Waals surface area contributed by atoms with Crippen LogP contribution in [0, 0.1) is 6.92 Å². The van der Waals surface area contributed by atoms with Gasteiger partial charge in [-0.25, -0.2) is 4.79 Å². The van der Waals surface area contributed by atoms with E-state index in [-0.39, 0.29) is 22.7 Å². The Morgan fingerprint density at radius 1 is 1.17 bits per heavy atom. The fourth-order valence-corrected chi connectivity index (χ4v) is 7.52. The smallest absolute Gasteiger partial charge is 0.341 e. The van der Waals surface area contributed by atoms with Crippen molar-refractivity contribution in [3.8, 4) is 10.4 Å². The van der Waals surface area contributed by atoms with Gasteiger partial charge in [-0.3, -0.25) is 4.79 Å². The number of rotatable bonds is 5. The minimum Gasteiger partial charge on any atom is -0.477 e. The molecule has 1 N–H and O–H groups in total. The molecule has 2 aliphatic rings. The van der Waals surface area contributed by atoms with Crippen molar-refractivity contribution >= 4 is 36.5 Å². The molecule has 0 saturated heterocycles. The number of aromatic nitrogens is 1. The molecule has 1 fully saturated rings. The SMILES string of the molecule is Cc1cc2c(=O)c(C(=O)O)cn(C3CC3)c2cc1-c1cc2c(s1)CCCC2O[Si](C)(C)C(C)(C)C. The number of aromatic carboxylic acids is 1. The third-order valence-electron chi connectivity index (χ3n) is 8.12. The van der Waals surface area contributed by atoms with Crippen molar-refractivity contribution < 1.29 is 14.3 Å².